The van der Waals surface area contributed by atoms with Crippen LogP contribution in [0.2, 0.25) is 0 Å². The average molecular weight is 192 g/mol. The van der Waals surface area contributed by atoms with E-state index in [9.17, 15) is 0 Å². The molecule has 1 aliphatic rings. The Kier molecular flexibility index (Phi) is 3.59. The van der Waals surface area contributed by atoms with Gasteiger partial charge in [0.25, 0.3) is 0 Å². The molecule has 1 N–H and O–H groups in total. The molecule has 0 bridgehead atoms. The van der Waals surface area contributed by atoms with Crippen LogP contribution in [0, 0.1) is 0 Å². The smallest absolute Gasteiger partial charge is 0.0157 e. The Bertz CT molecular complexity index is 69.3. The molecule has 1 rings (SSSR count). The molecule has 0 unspecified atom stereocenters. The Balaban J connectivity index is 1.98. The highest BCUT2D eigenvalue weighted by atomic mass is 79.9. The number of nitrogens with one attached hydrogen (secondary N) is 1. The second-order valence-electron chi connectivity index (χ2n) is 2.62. The summed E-state index contributed by atoms with van der Waals surface area (Å²) in [5, 5.41) is 4.57. The first-order valence-electron chi connectivity index (χ1n) is 3.73. The number of rotatable bonds is 3. The van der Waals surface area contributed by atoms with E-state index in [-0.39, 0.29) is 0 Å². The second kappa shape index (κ2) is 4.29. The van der Waals surface area contributed by atoms with Crippen LogP contribution >= 0.6 is 15.9 Å². The fraction of sp³-hybridized carbons (Fsp3) is 1.00. The minimum absolute atomic E-state index is 0.836. The zero-order valence-corrected chi connectivity index (χ0v) is 7.28. The van der Waals surface area contributed by atoms with E-state index in [0.29, 0.717) is 0 Å². The molecule has 0 heterocycles. The summed E-state index contributed by atoms with van der Waals surface area (Å²) in [6.45, 7) is 1.13. The van der Waals surface area contributed by atoms with Crippen LogP contribution in [0.5, 0.6) is 0 Å². The van der Waals surface area contributed by atoms with Crippen molar-refractivity contribution < 1.29 is 0 Å². The molecule has 1 aliphatic carbocycles. The van der Waals surface area contributed by atoms with Crippen molar-refractivity contribution in [3.05, 3.63) is 0 Å². The first-order chi connectivity index (χ1) is 4.43. The molecule has 0 spiro atoms. The molecule has 54 valence electrons. The zero-order valence-electron chi connectivity index (χ0n) is 5.70. The van der Waals surface area contributed by atoms with Gasteiger partial charge < -0.3 is 5.32 Å². The predicted octanol–water partition coefficient (Wildman–Crippen LogP) is 1.91. The van der Waals surface area contributed by atoms with Gasteiger partial charge in [-0.15, -0.1) is 0 Å². The summed E-state index contributed by atoms with van der Waals surface area (Å²) in [5.74, 6) is 0. The van der Waals surface area contributed by atoms with Crippen molar-refractivity contribution in [2.75, 3.05) is 11.9 Å². The first-order valence-corrected chi connectivity index (χ1v) is 4.85. The Morgan fingerprint density at radius 2 is 2.00 bits per heavy atom. The Labute approximate surface area is 65.3 Å². The third-order valence-electron chi connectivity index (χ3n) is 1.88. The van der Waals surface area contributed by atoms with Crippen LogP contribution in [0.3, 0.4) is 0 Å². The largest absolute Gasteiger partial charge is 0.313 e. The Morgan fingerprint density at radius 3 is 2.56 bits per heavy atom. The van der Waals surface area contributed by atoms with Gasteiger partial charge >= 0.3 is 0 Å². The van der Waals surface area contributed by atoms with E-state index in [1.54, 1.807) is 0 Å². The molecule has 0 radical (unpaired) electrons. The van der Waals surface area contributed by atoms with Crippen molar-refractivity contribution in [3.8, 4) is 0 Å². The van der Waals surface area contributed by atoms with Crippen molar-refractivity contribution in [3.63, 3.8) is 0 Å². The van der Waals surface area contributed by atoms with E-state index in [4.69, 9.17) is 0 Å². The van der Waals surface area contributed by atoms with Gasteiger partial charge in [-0.3, -0.25) is 0 Å². The maximum atomic E-state index is 3.48. The maximum Gasteiger partial charge on any atom is 0.0157 e. The van der Waals surface area contributed by atoms with E-state index in [1.165, 1.54) is 25.7 Å². The predicted molar refractivity (Wildman–Crippen MR) is 44.1 cm³/mol. The van der Waals surface area contributed by atoms with Crippen LogP contribution in [0.4, 0.5) is 0 Å². The SMILES string of the molecule is BrCCNC1CCCC1. The minimum Gasteiger partial charge on any atom is -0.313 e. The molecule has 0 aliphatic heterocycles. The molecule has 0 amide bonds. The van der Waals surface area contributed by atoms with Crippen LogP contribution in [0.15, 0.2) is 0 Å². The van der Waals surface area contributed by atoms with Crippen molar-refractivity contribution in [2.24, 2.45) is 0 Å². The van der Waals surface area contributed by atoms with Crippen LogP contribution in [-0.2, 0) is 0 Å². The van der Waals surface area contributed by atoms with E-state index in [0.717, 1.165) is 17.9 Å². The number of halogens is 1. The highest BCUT2D eigenvalue weighted by Crippen LogP contribution is 2.17. The third kappa shape index (κ3) is 2.67. The van der Waals surface area contributed by atoms with E-state index >= 15 is 0 Å². The first kappa shape index (κ1) is 7.55. The van der Waals surface area contributed by atoms with Crippen molar-refractivity contribution >= 4 is 15.9 Å². The lowest BCUT2D eigenvalue weighted by molar-refractivity contribution is 0.546. The van der Waals surface area contributed by atoms with Crippen molar-refractivity contribution in [2.45, 2.75) is 31.7 Å². The summed E-state index contributed by atoms with van der Waals surface area (Å²) in [6.07, 6.45) is 5.65. The zero-order chi connectivity index (χ0) is 6.53. The van der Waals surface area contributed by atoms with Gasteiger partial charge in [0, 0.05) is 17.9 Å². The minimum atomic E-state index is 0.836. The number of hydrogen-bond donors (Lipinski definition) is 1. The van der Waals surface area contributed by atoms with Crippen molar-refractivity contribution in [1.29, 1.82) is 0 Å². The number of hydrogen-bond acceptors (Lipinski definition) is 1. The molecule has 0 aromatic heterocycles. The molecule has 1 saturated carbocycles. The van der Waals surface area contributed by atoms with Crippen LogP contribution in [-0.4, -0.2) is 17.9 Å². The lowest BCUT2D eigenvalue weighted by atomic mass is 10.2. The van der Waals surface area contributed by atoms with Gasteiger partial charge in [0.05, 0.1) is 0 Å². The van der Waals surface area contributed by atoms with Crippen LogP contribution in [0.1, 0.15) is 25.7 Å². The molecule has 1 fully saturated rings. The normalized spacial score (nSPS) is 21.0. The third-order valence-corrected chi connectivity index (χ3v) is 2.28. The Morgan fingerprint density at radius 1 is 1.33 bits per heavy atom. The van der Waals surface area contributed by atoms with Crippen molar-refractivity contribution in [1.82, 2.24) is 5.32 Å². The summed E-state index contributed by atoms with van der Waals surface area (Å²) in [5.41, 5.74) is 0. The van der Waals surface area contributed by atoms with Gasteiger partial charge in [0.15, 0.2) is 0 Å². The quantitative estimate of drug-likeness (QED) is 0.673. The molecule has 1 nitrogen and oxygen atoms in total. The molecular formula is C7H14BrN. The van der Waals surface area contributed by atoms with Gasteiger partial charge in [-0.05, 0) is 12.8 Å². The molecule has 0 aromatic rings. The molecule has 0 aromatic carbocycles. The molecular weight excluding hydrogens is 178 g/mol. The maximum absolute atomic E-state index is 3.48. The molecule has 0 saturated heterocycles. The summed E-state index contributed by atoms with van der Waals surface area (Å²) >= 11 is 3.39. The molecule has 0 atom stereocenters. The topological polar surface area (TPSA) is 12.0 Å². The van der Waals surface area contributed by atoms with Crippen LogP contribution in [0.25, 0.3) is 0 Å². The lowest BCUT2D eigenvalue weighted by Crippen LogP contribution is -2.27. The fourth-order valence-electron chi connectivity index (χ4n) is 1.39. The van der Waals surface area contributed by atoms with E-state index in [1.807, 2.05) is 0 Å². The monoisotopic (exact) mass is 191 g/mol. The number of alkyl halides is 1. The lowest BCUT2D eigenvalue weighted by Gasteiger charge is -2.08. The highest BCUT2D eigenvalue weighted by Gasteiger charge is 2.12. The van der Waals surface area contributed by atoms with Gasteiger partial charge in [0.2, 0.25) is 0 Å². The fourth-order valence-corrected chi connectivity index (χ4v) is 1.62. The Hall–Kier alpha value is 0.440. The van der Waals surface area contributed by atoms with E-state index in [2.05, 4.69) is 21.2 Å². The summed E-state index contributed by atoms with van der Waals surface area (Å²) in [7, 11) is 0. The standard InChI is InChI=1S/C7H14BrN/c8-5-6-9-7-3-1-2-4-7/h7,9H,1-6H2. The summed E-state index contributed by atoms with van der Waals surface area (Å²) in [4.78, 5) is 0. The van der Waals surface area contributed by atoms with Gasteiger partial charge in [-0.2, -0.15) is 0 Å². The van der Waals surface area contributed by atoms with Gasteiger partial charge in [0.1, 0.15) is 0 Å². The van der Waals surface area contributed by atoms with Gasteiger partial charge in [-0.25, -0.2) is 0 Å². The molecule has 2 heteroatoms. The highest BCUT2D eigenvalue weighted by molar-refractivity contribution is 9.09. The van der Waals surface area contributed by atoms with Crippen LogP contribution < -0.4 is 5.32 Å². The summed E-state index contributed by atoms with van der Waals surface area (Å²) in [6, 6.07) is 0.836. The molecule has 9 heavy (non-hydrogen) atoms. The van der Waals surface area contributed by atoms with E-state index < -0.39 is 0 Å². The summed E-state index contributed by atoms with van der Waals surface area (Å²) < 4.78 is 0. The second-order valence-corrected chi connectivity index (χ2v) is 3.42. The average Bonchev–Trinajstić information content (AvgIpc) is 2.34. The van der Waals surface area contributed by atoms with Gasteiger partial charge in [-0.1, -0.05) is 28.8 Å².